The van der Waals surface area contributed by atoms with Crippen LogP contribution in [-0.4, -0.2) is 18.6 Å². The molecule has 2 fully saturated rings. The van der Waals surface area contributed by atoms with Crippen LogP contribution in [0.2, 0.25) is 0 Å². The lowest BCUT2D eigenvalue weighted by Crippen LogP contribution is -2.32. The number of allylic oxidation sites excluding steroid dienone is 2. The van der Waals surface area contributed by atoms with Crippen LogP contribution in [-0.2, 0) is 9.59 Å². The molecule has 2 bridgehead atoms. The van der Waals surface area contributed by atoms with E-state index in [9.17, 15) is 9.59 Å². The molecule has 2 aliphatic heterocycles. The molecule has 2 heterocycles. The number of imide groups is 1. The number of hydrogen-bond donors (Lipinski definition) is 0. The van der Waals surface area contributed by atoms with Gasteiger partial charge in [-0.1, -0.05) is 12.2 Å². The van der Waals surface area contributed by atoms with Crippen LogP contribution in [0.15, 0.2) is 54.6 Å². The summed E-state index contributed by atoms with van der Waals surface area (Å²) in [5.74, 6) is 2.49. The minimum absolute atomic E-state index is 0.0729. The molecular weight excluding hydrogens is 358 g/mol. The van der Waals surface area contributed by atoms with E-state index in [2.05, 4.69) is 12.2 Å². The normalized spacial score (nSPS) is 28.9. The van der Waals surface area contributed by atoms with Gasteiger partial charge in [0.1, 0.15) is 11.5 Å². The minimum Gasteiger partial charge on any atom is -0.457 e. The van der Waals surface area contributed by atoms with Gasteiger partial charge < -0.3 is 14.2 Å². The number of nitrogens with zero attached hydrogens (tertiary/aromatic N) is 1. The van der Waals surface area contributed by atoms with E-state index < -0.39 is 0 Å². The summed E-state index contributed by atoms with van der Waals surface area (Å²) >= 11 is 0. The molecule has 140 valence electrons. The highest BCUT2D eigenvalue weighted by atomic mass is 16.7. The van der Waals surface area contributed by atoms with Crippen LogP contribution < -0.4 is 19.1 Å². The number of carbonyl (C=O) groups excluding carboxylic acids is 2. The monoisotopic (exact) mass is 375 g/mol. The second-order valence-corrected chi connectivity index (χ2v) is 7.62. The van der Waals surface area contributed by atoms with Crippen molar-refractivity contribution in [3.8, 4) is 23.0 Å². The van der Waals surface area contributed by atoms with E-state index in [0.717, 1.165) is 6.42 Å². The summed E-state index contributed by atoms with van der Waals surface area (Å²) in [6.07, 6.45) is 5.13. The highest BCUT2D eigenvalue weighted by Gasteiger charge is 2.59. The molecule has 1 saturated carbocycles. The van der Waals surface area contributed by atoms with Gasteiger partial charge in [-0.3, -0.25) is 14.5 Å². The number of fused-ring (bicyclic) bond motifs is 6. The van der Waals surface area contributed by atoms with Gasteiger partial charge in [-0.25, -0.2) is 0 Å². The zero-order valence-corrected chi connectivity index (χ0v) is 14.9. The van der Waals surface area contributed by atoms with Crippen molar-refractivity contribution in [2.75, 3.05) is 11.7 Å². The highest BCUT2D eigenvalue weighted by molar-refractivity contribution is 6.22. The van der Waals surface area contributed by atoms with Crippen molar-refractivity contribution >= 4 is 17.5 Å². The van der Waals surface area contributed by atoms with E-state index in [1.165, 1.54) is 4.90 Å². The zero-order chi connectivity index (χ0) is 18.8. The molecule has 0 radical (unpaired) electrons. The average molecular weight is 375 g/mol. The van der Waals surface area contributed by atoms with Gasteiger partial charge in [0, 0.05) is 6.07 Å². The van der Waals surface area contributed by atoms with Gasteiger partial charge in [0.05, 0.1) is 17.5 Å². The first-order chi connectivity index (χ1) is 13.7. The molecule has 2 aromatic carbocycles. The second-order valence-electron chi connectivity index (χ2n) is 7.62. The lowest BCUT2D eigenvalue weighted by molar-refractivity contribution is -0.123. The van der Waals surface area contributed by atoms with Crippen molar-refractivity contribution in [2.24, 2.45) is 23.7 Å². The summed E-state index contributed by atoms with van der Waals surface area (Å²) in [6, 6.07) is 12.4. The Morgan fingerprint density at radius 1 is 0.821 bits per heavy atom. The average Bonchev–Trinajstić information content (AvgIpc) is 3.47. The first-order valence-corrected chi connectivity index (χ1v) is 9.43. The Kier molecular flexibility index (Phi) is 3.15. The summed E-state index contributed by atoms with van der Waals surface area (Å²) in [5, 5.41) is 0. The largest absolute Gasteiger partial charge is 0.457 e. The minimum atomic E-state index is -0.188. The van der Waals surface area contributed by atoms with Gasteiger partial charge in [0.15, 0.2) is 11.5 Å². The summed E-state index contributed by atoms with van der Waals surface area (Å²) < 4.78 is 16.5. The fraction of sp³-hybridized carbons (Fsp3) is 0.273. The van der Waals surface area contributed by atoms with Gasteiger partial charge in [-0.05, 0) is 54.7 Å². The van der Waals surface area contributed by atoms with Crippen molar-refractivity contribution in [3.05, 3.63) is 54.6 Å². The van der Waals surface area contributed by atoms with Crippen molar-refractivity contribution < 1.29 is 23.8 Å². The Bertz CT molecular complexity index is 998. The standard InChI is InChI=1S/C22H17NO5/c24-21-19-12-1-2-13(9-12)20(19)22(25)23(21)14-3-5-15(6-4-14)28-16-7-8-17-18(10-16)27-11-26-17/h1-8,10,12-13,19-20H,9,11H2/t12-,13-,19-,20+/m0/s1. The van der Waals surface area contributed by atoms with Gasteiger partial charge in [-0.15, -0.1) is 0 Å². The summed E-state index contributed by atoms with van der Waals surface area (Å²) in [7, 11) is 0. The summed E-state index contributed by atoms with van der Waals surface area (Å²) in [6.45, 7) is 0.213. The zero-order valence-electron chi connectivity index (χ0n) is 14.9. The molecule has 2 aliphatic carbocycles. The second kappa shape index (κ2) is 5.61. The third-order valence-corrected chi connectivity index (χ3v) is 6.15. The van der Waals surface area contributed by atoms with E-state index in [1.807, 2.05) is 0 Å². The van der Waals surface area contributed by atoms with Crippen LogP contribution in [0.4, 0.5) is 5.69 Å². The number of hydrogen-bond acceptors (Lipinski definition) is 5. The molecule has 4 atom stereocenters. The predicted octanol–water partition coefficient (Wildman–Crippen LogP) is 3.52. The molecule has 6 nitrogen and oxygen atoms in total. The first kappa shape index (κ1) is 15.7. The Labute approximate surface area is 161 Å². The maximum Gasteiger partial charge on any atom is 0.238 e. The molecule has 0 unspecified atom stereocenters. The molecule has 28 heavy (non-hydrogen) atoms. The lowest BCUT2D eigenvalue weighted by Gasteiger charge is -2.17. The van der Waals surface area contributed by atoms with Crippen LogP contribution >= 0.6 is 0 Å². The smallest absolute Gasteiger partial charge is 0.238 e. The number of amides is 2. The van der Waals surface area contributed by atoms with E-state index in [1.54, 1.807) is 42.5 Å². The van der Waals surface area contributed by atoms with Crippen LogP contribution in [0.1, 0.15) is 6.42 Å². The molecule has 2 amide bonds. The van der Waals surface area contributed by atoms with E-state index >= 15 is 0 Å². The first-order valence-electron chi connectivity index (χ1n) is 9.43. The van der Waals surface area contributed by atoms with Crippen molar-refractivity contribution in [1.82, 2.24) is 0 Å². The highest BCUT2D eigenvalue weighted by Crippen LogP contribution is 2.53. The van der Waals surface area contributed by atoms with Crippen molar-refractivity contribution in [3.63, 3.8) is 0 Å². The maximum atomic E-state index is 12.9. The maximum absolute atomic E-state index is 12.9. The molecule has 0 N–H and O–H groups in total. The van der Waals surface area contributed by atoms with E-state index in [-0.39, 0.29) is 42.3 Å². The number of benzene rings is 2. The Morgan fingerprint density at radius 3 is 2.18 bits per heavy atom. The number of rotatable bonds is 3. The molecule has 0 aromatic heterocycles. The van der Waals surface area contributed by atoms with Crippen LogP contribution in [0.5, 0.6) is 23.0 Å². The number of anilines is 1. The van der Waals surface area contributed by atoms with E-state index in [0.29, 0.717) is 28.7 Å². The fourth-order valence-electron chi connectivity index (χ4n) is 4.90. The fourth-order valence-corrected chi connectivity index (χ4v) is 4.90. The quantitative estimate of drug-likeness (QED) is 0.607. The summed E-state index contributed by atoms with van der Waals surface area (Å²) in [5.41, 5.74) is 0.599. The predicted molar refractivity (Wildman–Crippen MR) is 99.3 cm³/mol. The third kappa shape index (κ3) is 2.14. The van der Waals surface area contributed by atoms with Crippen LogP contribution in [0.25, 0.3) is 0 Å². The van der Waals surface area contributed by atoms with Gasteiger partial charge in [0.25, 0.3) is 0 Å². The third-order valence-electron chi connectivity index (χ3n) is 6.15. The SMILES string of the molecule is O=C1[C@@H]2[C@H](C(=O)N1c1ccc(Oc3ccc4c(c3)OCO4)cc1)[C@H]1C=C[C@H]2C1. The molecule has 6 heteroatoms. The van der Waals surface area contributed by atoms with Gasteiger partial charge in [-0.2, -0.15) is 0 Å². The van der Waals surface area contributed by atoms with Crippen molar-refractivity contribution in [1.29, 1.82) is 0 Å². The van der Waals surface area contributed by atoms with Gasteiger partial charge >= 0.3 is 0 Å². The Morgan fingerprint density at radius 2 is 1.46 bits per heavy atom. The van der Waals surface area contributed by atoms with Gasteiger partial charge in [0.2, 0.25) is 18.6 Å². The summed E-state index contributed by atoms with van der Waals surface area (Å²) in [4.78, 5) is 27.1. The van der Waals surface area contributed by atoms with Crippen LogP contribution in [0.3, 0.4) is 0 Å². The molecule has 0 spiro atoms. The molecule has 6 rings (SSSR count). The topological polar surface area (TPSA) is 65.1 Å². The number of carbonyl (C=O) groups is 2. The number of ether oxygens (including phenoxy) is 3. The molecule has 1 saturated heterocycles. The lowest BCUT2D eigenvalue weighted by atomic mass is 9.85. The molecule has 4 aliphatic rings. The van der Waals surface area contributed by atoms with E-state index in [4.69, 9.17) is 14.2 Å². The van der Waals surface area contributed by atoms with Crippen molar-refractivity contribution in [2.45, 2.75) is 6.42 Å². The van der Waals surface area contributed by atoms with Crippen LogP contribution in [0, 0.1) is 23.7 Å². The molecule has 2 aromatic rings. The molecular formula is C22H17NO5. The Balaban J connectivity index is 1.23. The Hall–Kier alpha value is -3.28.